The van der Waals surface area contributed by atoms with Gasteiger partial charge in [0.15, 0.2) is 0 Å². The molecule has 0 aromatic heterocycles. The zero-order valence-corrected chi connectivity index (χ0v) is 24.6. The van der Waals surface area contributed by atoms with Crippen molar-refractivity contribution in [2.75, 3.05) is 13.6 Å². The third kappa shape index (κ3) is 7.71. The molecule has 216 valence electrons. The lowest BCUT2D eigenvalue weighted by Gasteiger charge is -2.37. The van der Waals surface area contributed by atoms with Crippen molar-refractivity contribution in [3.8, 4) is 0 Å². The first kappa shape index (κ1) is 30.4. The van der Waals surface area contributed by atoms with Crippen molar-refractivity contribution in [3.63, 3.8) is 0 Å². The molecule has 0 saturated carbocycles. The summed E-state index contributed by atoms with van der Waals surface area (Å²) in [4.78, 5) is 53.7. The fourth-order valence-electron chi connectivity index (χ4n) is 5.19. The van der Waals surface area contributed by atoms with Gasteiger partial charge in [0.25, 0.3) is 5.91 Å². The van der Waals surface area contributed by atoms with E-state index in [0.717, 1.165) is 12.8 Å². The maximum Gasteiger partial charge on any atom is 0.408 e. The zero-order valence-electron chi connectivity index (χ0n) is 24.6. The normalized spacial score (nSPS) is 20.6. The van der Waals surface area contributed by atoms with Crippen LogP contribution < -0.4 is 16.1 Å². The van der Waals surface area contributed by atoms with Crippen LogP contribution in [0.25, 0.3) is 0 Å². The lowest BCUT2D eigenvalue weighted by molar-refractivity contribution is -0.146. The molecule has 0 radical (unpaired) electrons. The van der Waals surface area contributed by atoms with Gasteiger partial charge in [-0.25, -0.2) is 10.2 Å². The Kier molecular flexibility index (Phi) is 9.64. The molecule has 4 unspecified atom stereocenters. The van der Waals surface area contributed by atoms with E-state index in [1.165, 1.54) is 21.7 Å². The van der Waals surface area contributed by atoms with Gasteiger partial charge in [-0.1, -0.05) is 37.6 Å². The number of fused-ring (bicyclic) bond motifs is 1. The van der Waals surface area contributed by atoms with Crippen LogP contribution in [0.1, 0.15) is 83.5 Å². The van der Waals surface area contributed by atoms with Crippen LogP contribution in [-0.2, 0) is 25.5 Å². The minimum atomic E-state index is -0.870. The molecule has 0 bridgehead atoms. The topological polar surface area (TPSA) is 120 Å². The second-order valence-corrected chi connectivity index (χ2v) is 12.1. The Balaban J connectivity index is 1.59. The number of alkyl carbamates (subject to hydrolysis) is 1. The fourth-order valence-corrected chi connectivity index (χ4v) is 5.19. The Bertz CT molecular complexity index is 1080. The minimum absolute atomic E-state index is 0.0175. The number of ether oxygens (including phenoxy) is 1. The van der Waals surface area contributed by atoms with Crippen LogP contribution in [0.4, 0.5) is 4.79 Å². The van der Waals surface area contributed by atoms with Gasteiger partial charge >= 0.3 is 6.09 Å². The molecule has 1 aromatic carbocycles. The van der Waals surface area contributed by atoms with Crippen LogP contribution in [0.5, 0.6) is 0 Å². The Morgan fingerprint density at radius 1 is 1.10 bits per heavy atom. The van der Waals surface area contributed by atoms with Crippen molar-refractivity contribution in [1.29, 1.82) is 0 Å². The van der Waals surface area contributed by atoms with Crippen molar-refractivity contribution >= 4 is 23.8 Å². The summed E-state index contributed by atoms with van der Waals surface area (Å²) >= 11 is 0. The number of carbonyl (C=O) groups is 4. The summed E-state index contributed by atoms with van der Waals surface area (Å²) in [6.45, 7) is 12.9. The second-order valence-electron chi connectivity index (χ2n) is 12.1. The number of carbonyl (C=O) groups excluding carboxylic acids is 4. The number of nitrogens with one attached hydrogen (secondary N) is 3. The summed E-state index contributed by atoms with van der Waals surface area (Å²) in [5, 5.41) is 6.76. The summed E-state index contributed by atoms with van der Waals surface area (Å²) in [7, 11) is 1.83. The largest absolute Gasteiger partial charge is 0.444 e. The van der Waals surface area contributed by atoms with E-state index in [0.29, 0.717) is 19.4 Å². The number of likely N-dealkylation sites (N-methyl/N-ethyl adjacent to an activating group) is 1. The summed E-state index contributed by atoms with van der Waals surface area (Å²) in [6, 6.07) is 4.17. The second kappa shape index (κ2) is 12.4. The first-order chi connectivity index (χ1) is 18.2. The molecule has 3 rings (SSSR count). The van der Waals surface area contributed by atoms with Gasteiger partial charge in [0.2, 0.25) is 11.8 Å². The fraction of sp³-hybridized carbons (Fsp3) is 0.655. The van der Waals surface area contributed by atoms with Crippen molar-refractivity contribution in [3.05, 3.63) is 34.9 Å². The molecule has 1 saturated heterocycles. The van der Waals surface area contributed by atoms with E-state index < -0.39 is 35.7 Å². The molecule has 0 spiro atoms. The van der Waals surface area contributed by atoms with E-state index in [1.54, 1.807) is 46.4 Å². The number of hydrogen-bond acceptors (Lipinski definition) is 6. The van der Waals surface area contributed by atoms with Gasteiger partial charge in [-0.05, 0) is 77.3 Å². The molecule has 2 aliphatic rings. The third-order valence-corrected chi connectivity index (χ3v) is 7.26. The van der Waals surface area contributed by atoms with Crippen molar-refractivity contribution in [2.24, 2.45) is 5.92 Å². The maximum atomic E-state index is 13.5. The van der Waals surface area contributed by atoms with Crippen molar-refractivity contribution in [1.82, 2.24) is 26.0 Å². The number of hydrogen-bond donors (Lipinski definition) is 3. The summed E-state index contributed by atoms with van der Waals surface area (Å²) < 4.78 is 5.28. The molecule has 10 heteroatoms. The molecule has 1 heterocycles. The lowest BCUT2D eigenvalue weighted by atomic mass is 10.0. The van der Waals surface area contributed by atoms with Crippen LogP contribution in [0, 0.1) is 12.8 Å². The van der Waals surface area contributed by atoms with Crippen molar-refractivity contribution < 1.29 is 23.9 Å². The van der Waals surface area contributed by atoms with E-state index >= 15 is 0 Å². The highest BCUT2D eigenvalue weighted by molar-refractivity contribution is 5.91. The molecule has 1 aliphatic carbocycles. The third-order valence-electron chi connectivity index (χ3n) is 7.26. The first-order valence-corrected chi connectivity index (χ1v) is 13.9. The Morgan fingerprint density at radius 2 is 1.79 bits per heavy atom. The molecule has 39 heavy (non-hydrogen) atoms. The Morgan fingerprint density at radius 3 is 2.44 bits per heavy atom. The van der Waals surface area contributed by atoms with Gasteiger partial charge in [-0.2, -0.15) is 0 Å². The number of nitrogens with zero attached hydrogens (tertiary/aromatic N) is 2. The summed E-state index contributed by atoms with van der Waals surface area (Å²) in [5.74, 6) is -1.10. The number of amides is 4. The van der Waals surface area contributed by atoms with Crippen LogP contribution in [0.3, 0.4) is 0 Å². The molecule has 4 amide bonds. The Labute approximate surface area is 232 Å². The zero-order chi connectivity index (χ0) is 29.1. The Hall–Kier alpha value is -3.14. The molecule has 1 aromatic rings. The number of benzene rings is 1. The van der Waals surface area contributed by atoms with Gasteiger partial charge in [0.05, 0.1) is 6.04 Å². The molecular weight excluding hydrogens is 498 g/mol. The van der Waals surface area contributed by atoms with Gasteiger partial charge in [-0.15, -0.1) is 0 Å². The highest BCUT2D eigenvalue weighted by atomic mass is 16.6. The van der Waals surface area contributed by atoms with E-state index in [-0.39, 0.29) is 23.8 Å². The lowest BCUT2D eigenvalue weighted by Crippen LogP contribution is -2.62. The molecule has 1 fully saturated rings. The highest BCUT2D eigenvalue weighted by Gasteiger charge is 2.36. The van der Waals surface area contributed by atoms with E-state index in [4.69, 9.17) is 4.74 Å². The van der Waals surface area contributed by atoms with Crippen LogP contribution in [0.2, 0.25) is 0 Å². The first-order valence-electron chi connectivity index (χ1n) is 13.9. The van der Waals surface area contributed by atoms with Gasteiger partial charge in [0.1, 0.15) is 23.7 Å². The molecule has 3 N–H and O–H groups in total. The predicted octanol–water partition coefficient (Wildman–Crippen LogP) is 2.99. The van der Waals surface area contributed by atoms with E-state index in [9.17, 15) is 19.2 Å². The van der Waals surface area contributed by atoms with Crippen LogP contribution in [0.15, 0.2) is 18.2 Å². The van der Waals surface area contributed by atoms with Crippen LogP contribution >= 0.6 is 0 Å². The standard InChI is InChI=1S/C29H45N5O5/c1-17(2)24(31-28(38)39-29(5,6)7)25(35)30-19(4)26(36)34-15-9-10-22(32-34)27(37)33(8)23-14-13-20-12-11-18(3)16-21(20)23/h11-12,16-17,19,22-24,32H,9-10,13-15H2,1-8H3,(H,30,35)(H,31,38). The number of hydrazine groups is 1. The number of aryl methyl sites for hydroxylation is 2. The average molecular weight is 544 g/mol. The highest BCUT2D eigenvalue weighted by Crippen LogP contribution is 2.36. The monoisotopic (exact) mass is 543 g/mol. The van der Waals surface area contributed by atoms with Crippen molar-refractivity contribution in [2.45, 2.75) is 104 Å². The smallest absolute Gasteiger partial charge is 0.408 e. The number of rotatable bonds is 7. The molecule has 4 atom stereocenters. The van der Waals surface area contributed by atoms with E-state index in [1.807, 2.05) is 7.05 Å². The quantitative estimate of drug-likeness (QED) is 0.486. The molecule has 10 nitrogen and oxygen atoms in total. The molecule has 1 aliphatic heterocycles. The van der Waals surface area contributed by atoms with E-state index in [2.05, 4.69) is 41.2 Å². The van der Waals surface area contributed by atoms with Gasteiger partial charge in [-0.3, -0.25) is 19.4 Å². The summed E-state index contributed by atoms with van der Waals surface area (Å²) in [5.41, 5.74) is 6.06. The minimum Gasteiger partial charge on any atom is -0.444 e. The maximum absolute atomic E-state index is 13.5. The van der Waals surface area contributed by atoms with Gasteiger partial charge < -0.3 is 20.3 Å². The average Bonchev–Trinajstić information content (AvgIpc) is 3.27. The summed E-state index contributed by atoms with van der Waals surface area (Å²) in [6.07, 6.45) is 2.42. The SMILES string of the molecule is Cc1ccc2c(c1)C(N(C)C(=O)C1CCCN(C(=O)C(C)NC(=O)C(NC(=O)OC(C)(C)C)C(C)C)N1)CC2. The van der Waals surface area contributed by atoms with Gasteiger partial charge in [0, 0.05) is 13.6 Å². The van der Waals surface area contributed by atoms with Crippen LogP contribution in [-0.4, -0.2) is 71.0 Å². The molecular formula is C29H45N5O5. The predicted molar refractivity (Wildman–Crippen MR) is 148 cm³/mol.